The van der Waals surface area contributed by atoms with E-state index in [9.17, 15) is 0 Å². The molecule has 4 nitrogen and oxygen atoms in total. The van der Waals surface area contributed by atoms with Gasteiger partial charge in [0.25, 0.3) is 0 Å². The molecule has 4 heteroatoms. The monoisotopic (exact) mass is 219 g/mol. The highest BCUT2D eigenvalue weighted by Crippen LogP contribution is 2.24. The van der Waals surface area contributed by atoms with Crippen LogP contribution in [0.1, 0.15) is 24.5 Å². The third kappa shape index (κ3) is 1.83. The van der Waals surface area contributed by atoms with Gasteiger partial charge in [-0.2, -0.15) is 0 Å². The van der Waals surface area contributed by atoms with Gasteiger partial charge in [0.2, 0.25) is 5.96 Å². The number of nitrogens with two attached hydrogens (primary N) is 1. The van der Waals surface area contributed by atoms with E-state index in [0.29, 0.717) is 6.04 Å². The van der Waals surface area contributed by atoms with E-state index in [2.05, 4.69) is 30.3 Å². The summed E-state index contributed by atoms with van der Waals surface area (Å²) in [5.74, 6) is 0.210. The summed E-state index contributed by atoms with van der Waals surface area (Å²) in [5, 5.41) is 11.9. The number of guanidine groups is 1. The van der Waals surface area contributed by atoms with Gasteiger partial charge in [0.1, 0.15) is 0 Å². The molecule has 16 heavy (non-hydrogen) atoms. The minimum Gasteiger partial charge on any atom is -0.408 e. The van der Waals surface area contributed by atoms with Crippen molar-refractivity contribution in [3.63, 3.8) is 0 Å². The maximum Gasteiger partial charge on any atom is 0.233 e. The Morgan fingerprint density at radius 1 is 1.50 bits per heavy atom. The lowest BCUT2D eigenvalue weighted by Gasteiger charge is -2.36. The van der Waals surface area contributed by atoms with E-state index in [1.807, 2.05) is 11.0 Å². The van der Waals surface area contributed by atoms with Crippen molar-refractivity contribution in [2.45, 2.75) is 32.4 Å². The molecule has 1 aromatic carbocycles. The van der Waals surface area contributed by atoms with E-state index in [0.717, 1.165) is 19.4 Å². The topological polar surface area (TPSA) is 61.8 Å². The van der Waals surface area contributed by atoms with Crippen molar-refractivity contribution >= 4 is 5.96 Å². The molecule has 0 saturated carbocycles. The molecule has 1 aromatic rings. The maximum atomic E-state index is 8.77. The Labute approximate surface area is 95.4 Å². The summed E-state index contributed by atoms with van der Waals surface area (Å²) in [7, 11) is 0. The van der Waals surface area contributed by atoms with Crippen molar-refractivity contribution < 1.29 is 5.21 Å². The van der Waals surface area contributed by atoms with Gasteiger partial charge in [-0.15, -0.1) is 0 Å². The number of hydrogen-bond donors (Lipinski definition) is 2. The lowest BCUT2D eigenvalue weighted by molar-refractivity contribution is 0.245. The molecule has 1 aliphatic rings. The Kier molecular flexibility index (Phi) is 2.99. The minimum atomic E-state index is 0.210. The first-order chi connectivity index (χ1) is 7.76. The molecule has 1 aliphatic heterocycles. The fourth-order valence-corrected chi connectivity index (χ4v) is 2.28. The molecule has 0 fully saturated rings. The first-order valence-corrected chi connectivity index (χ1v) is 5.57. The lowest BCUT2D eigenvalue weighted by Crippen LogP contribution is -2.47. The molecule has 1 heterocycles. The van der Waals surface area contributed by atoms with Gasteiger partial charge in [-0.1, -0.05) is 36.3 Å². The van der Waals surface area contributed by atoms with Crippen LogP contribution in [0.15, 0.2) is 29.4 Å². The van der Waals surface area contributed by atoms with Gasteiger partial charge in [0, 0.05) is 12.6 Å². The molecule has 0 unspecified atom stereocenters. The second-order valence-electron chi connectivity index (χ2n) is 4.12. The zero-order valence-electron chi connectivity index (χ0n) is 9.43. The SMILES string of the molecule is CC[C@H]1Cc2ccccc2CN1C(N)=NO. The molecule has 0 aromatic heterocycles. The third-order valence-corrected chi connectivity index (χ3v) is 3.22. The molecule has 0 bridgehead atoms. The first kappa shape index (κ1) is 10.8. The molecule has 86 valence electrons. The summed E-state index contributed by atoms with van der Waals surface area (Å²) in [5.41, 5.74) is 8.33. The summed E-state index contributed by atoms with van der Waals surface area (Å²) in [6.07, 6.45) is 1.95. The summed E-state index contributed by atoms with van der Waals surface area (Å²) in [6, 6.07) is 8.66. The standard InChI is InChI=1S/C12H17N3O/c1-2-11-7-9-5-3-4-6-10(9)8-15(11)12(13)14-16/h3-6,11,16H,2,7-8H2,1H3,(H2,13,14)/t11-/m0/s1. The number of oxime groups is 1. The number of nitrogens with zero attached hydrogens (tertiary/aromatic N) is 2. The van der Waals surface area contributed by atoms with E-state index in [4.69, 9.17) is 10.9 Å². The highest BCUT2D eigenvalue weighted by molar-refractivity contribution is 5.78. The van der Waals surface area contributed by atoms with Gasteiger partial charge >= 0.3 is 0 Å². The normalized spacial score (nSPS) is 20.7. The molecule has 3 N–H and O–H groups in total. The van der Waals surface area contributed by atoms with Crippen molar-refractivity contribution in [1.29, 1.82) is 0 Å². The largest absolute Gasteiger partial charge is 0.408 e. The summed E-state index contributed by atoms with van der Waals surface area (Å²) in [6.45, 7) is 2.85. The average molecular weight is 219 g/mol. The Bertz CT molecular complexity index is 403. The fourth-order valence-electron chi connectivity index (χ4n) is 2.28. The lowest BCUT2D eigenvalue weighted by atomic mass is 9.93. The van der Waals surface area contributed by atoms with Gasteiger partial charge < -0.3 is 15.8 Å². The van der Waals surface area contributed by atoms with Crippen LogP contribution in [0.3, 0.4) is 0 Å². The van der Waals surface area contributed by atoms with Crippen LogP contribution < -0.4 is 5.73 Å². The van der Waals surface area contributed by atoms with Crippen molar-refractivity contribution in [2.75, 3.05) is 0 Å². The molecule has 2 rings (SSSR count). The smallest absolute Gasteiger partial charge is 0.233 e. The summed E-state index contributed by atoms with van der Waals surface area (Å²) < 4.78 is 0. The highest BCUT2D eigenvalue weighted by atomic mass is 16.4. The van der Waals surface area contributed by atoms with Gasteiger partial charge in [0.05, 0.1) is 0 Å². The molecule has 0 aliphatic carbocycles. The maximum absolute atomic E-state index is 8.77. The van der Waals surface area contributed by atoms with Crippen molar-refractivity contribution in [3.05, 3.63) is 35.4 Å². The quantitative estimate of drug-likeness (QED) is 0.326. The molecule has 0 spiro atoms. The van der Waals surface area contributed by atoms with Crippen molar-refractivity contribution in [2.24, 2.45) is 10.9 Å². The Balaban J connectivity index is 2.31. The Morgan fingerprint density at radius 2 is 2.19 bits per heavy atom. The van der Waals surface area contributed by atoms with Crippen LogP contribution in [0.4, 0.5) is 0 Å². The molecule has 0 amide bonds. The van der Waals surface area contributed by atoms with E-state index in [1.165, 1.54) is 11.1 Å². The van der Waals surface area contributed by atoms with Gasteiger partial charge in [-0.25, -0.2) is 0 Å². The molecular weight excluding hydrogens is 202 g/mol. The van der Waals surface area contributed by atoms with Gasteiger partial charge in [-0.05, 0) is 24.0 Å². The van der Waals surface area contributed by atoms with Gasteiger partial charge in [0.15, 0.2) is 0 Å². The third-order valence-electron chi connectivity index (χ3n) is 3.22. The van der Waals surface area contributed by atoms with Crippen LogP contribution in [-0.2, 0) is 13.0 Å². The minimum absolute atomic E-state index is 0.210. The van der Waals surface area contributed by atoms with Crippen molar-refractivity contribution in [3.8, 4) is 0 Å². The molecular formula is C12H17N3O. The van der Waals surface area contributed by atoms with Crippen LogP contribution in [0.25, 0.3) is 0 Å². The molecule has 0 saturated heterocycles. The predicted octanol–water partition coefficient (Wildman–Crippen LogP) is 1.53. The zero-order chi connectivity index (χ0) is 11.5. The van der Waals surface area contributed by atoms with E-state index in [1.54, 1.807) is 0 Å². The number of benzene rings is 1. The second-order valence-corrected chi connectivity index (χ2v) is 4.12. The Morgan fingerprint density at radius 3 is 2.81 bits per heavy atom. The summed E-state index contributed by atoms with van der Waals surface area (Å²) in [4.78, 5) is 1.96. The number of rotatable bonds is 1. The zero-order valence-corrected chi connectivity index (χ0v) is 9.43. The van der Waals surface area contributed by atoms with E-state index >= 15 is 0 Å². The van der Waals surface area contributed by atoms with Crippen LogP contribution in [-0.4, -0.2) is 22.1 Å². The highest BCUT2D eigenvalue weighted by Gasteiger charge is 2.26. The fraction of sp³-hybridized carbons (Fsp3) is 0.417. The number of hydrogen-bond acceptors (Lipinski definition) is 2. The van der Waals surface area contributed by atoms with Crippen LogP contribution >= 0.6 is 0 Å². The Hall–Kier alpha value is -1.71. The van der Waals surface area contributed by atoms with Crippen LogP contribution in [0.5, 0.6) is 0 Å². The van der Waals surface area contributed by atoms with Crippen LogP contribution in [0, 0.1) is 0 Å². The van der Waals surface area contributed by atoms with Crippen LogP contribution in [0.2, 0.25) is 0 Å². The average Bonchev–Trinajstić information content (AvgIpc) is 2.36. The molecule has 1 atom stereocenters. The first-order valence-electron chi connectivity index (χ1n) is 5.57. The predicted molar refractivity (Wildman–Crippen MR) is 63.2 cm³/mol. The number of fused-ring (bicyclic) bond motifs is 1. The van der Waals surface area contributed by atoms with E-state index < -0.39 is 0 Å². The molecule has 0 radical (unpaired) electrons. The summed E-state index contributed by atoms with van der Waals surface area (Å²) >= 11 is 0. The van der Waals surface area contributed by atoms with E-state index in [-0.39, 0.29) is 5.96 Å². The van der Waals surface area contributed by atoms with Gasteiger partial charge in [-0.3, -0.25) is 0 Å². The second kappa shape index (κ2) is 4.43. The van der Waals surface area contributed by atoms with Crippen molar-refractivity contribution in [1.82, 2.24) is 4.90 Å².